The minimum Gasteiger partial charge on any atom is -0.336 e. The van der Waals surface area contributed by atoms with Crippen LogP contribution in [0.15, 0.2) is 35.3 Å². The number of hydrogen-bond acceptors (Lipinski definition) is 6. The summed E-state index contributed by atoms with van der Waals surface area (Å²) in [6.45, 7) is 8.48. The maximum Gasteiger partial charge on any atom is 0.471 e. The van der Waals surface area contributed by atoms with Crippen LogP contribution in [0.4, 0.5) is 13.2 Å². The number of nitriles is 1. The van der Waals surface area contributed by atoms with E-state index >= 15 is 0 Å². The largest absolute Gasteiger partial charge is 0.471 e. The van der Waals surface area contributed by atoms with Gasteiger partial charge in [-0.15, -0.1) is 0 Å². The Morgan fingerprint density at radius 2 is 1.85 bits per heavy atom. The average molecular weight is 547 g/mol. The predicted octanol–water partition coefficient (Wildman–Crippen LogP) is 1.95. The van der Waals surface area contributed by atoms with Crippen LogP contribution in [-0.2, 0) is 14.4 Å². The van der Waals surface area contributed by atoms with E-state index in [1.165, 1.54) is 36.3 Å². The molecule has 2 aromatic rings. The second-order valence-electron chi connectivity index (χ2n) is 11.7. The smallest absolute Gasteiger partial charge is 0.336 e. The second kappa shape index (κ2) is 9.36. The molecule has 4 rings (SSSR count). The third kappa shape index (κ3) is 5.07. The number of pyridine rings is 1. The van der Waals surface area contributed by atoms with Crippen LogP contribution in [0.3, 0.4) is 0 Å². The molecule has 0 aromatic carbocycles. The number of piperidine rings is 1. The summed E-state index contributed by atoms with van der Waals surface area (Å²) in [5.74, 6) is -4.17. The monoisotopic (exact) mass is 546 g/mol. The number of hydrogen-bond donors (Lipinski definition) is 2. The summed E-state index contributed by atoms with van der Waals surface area (Å²) >= 11 is 0. The number of halogens is 3. The number of nitrogens with one attached hydrogen (secondary N) is 2. The molecule has 2 aliphatic rings. The second-order valence-corrected chi connectivity index (χ2v) is 11.7. The van der Waals surface area contributed by atoms with Crippen LogP contribution in [0.25, 0.3) is 5.65 Å². The molecule has 5 atom stereocenters. The van der Waals surface area contributed by atoms with Crippen molar-refractivity contribution >= 4 is 23.4 Å². The Hall–Kier alpha value is -3.95. The van der Waals surface area contributed by atoms with Gasteiger partial charge in [0.2, 0.25) is 11.8 Å². The van der Waals surface area contributed by atoms with Gasteiger partial charge >= 0.3 is 12.1 Å². The summed E-state index contributed by atoms with van der Waals surface area (Å²) in [5, 5.41) is 14.2. The number of likely N-dealkylation sites (tertiary alicyclic amines) is 1. The van der Waals surface area contributed by atoms with Gasteiger partial charge in [-0.05, 0) is 34.8 Å². The molecule has 0 bridgehead atoms. The van der Waals surface area contributed by atoms with Crippen molar-refractivity contribution in [3.8, 4) is 6.07 Å². The number of aromatic nitrogens is 2. The molecule has 208 valence electrons. The lowest BCUT2D eigenvalue weighted by atomic mass is 9.85. The number of fused-ring (bicyclic) bond motifs is 2. The van der Waals surface area contributed by atoms with Gasteiger partial charge in [-0.3, -0.25) is 23.6 Å². The molecular formula is C26H29F3N6O4. The van der Waals surface area contributed by atoms with E-state index in [2.05, 4.69) is 10.3 Å². The van der Waals surface area contributed by atoms with Crippen molar-refractivity contribution in [1.29, 1.82) is 5.26 Å². The molecule has 2 N–H and O–H groups in total. The maximum absolute atomic E-state index is 13.6. The molecule has 3 amide bonds. The lowest BCUT2D eigenvalue weighted by molar-refractivity contribution is -0.176. The van der Waals surface area contributed by atoms with Crippen molar-refractivity contribution in [3.05, 3.63) is 46.5 Å². The molecule has 1 saturated heterocycles. The van der Waals surface area contributed by atoms with Crippen molar-refractivity contribution in [1.82, 2.24) is 24.9 Å². The molecule has 1 saturated carbocycles. The molecule has 13 heteroatoms. The molecule has 0 radical (unpaired) electrons. The Morgan fingerprint density at radius 3 is 2.44 bits per heavy atom. The van der Waals surface area contributed by atoms with E-state index in [-0.39, 0.29) is 35.1 Å². The summed E-state index contributed by atoms with van der Waals surface area (Å²) in [7, 11) is 0. The molecule has 2 unspecified atom stereocenters. The number of carbonyl (C=O) groups excluding carboxylic acids is 3. The molecule has 2 fully saturated rings. The summed E-state index contributed by atoms with van der Waals surface area (Å²) in [4.78, 5) is 56.9. The van der Waals surface area contributed by atoms with E-state index in [4.69, 9.17) is 0 Å². The summed E-state index contributed by atoms with van der Waals surface area (Å²) < 4.78 is 40.3. The number of amides is 3. The fourth-order valence-corrected chi connectivity index (χ4v) is 5.46. The van der Waals surface area contributed by atoms with Crippen molar-refractivity contribution in [2.24, 2.45) is 22.7 Å². The molecule has 1 aliphatic carbocycles. The van der Waals surface area contributed by atoms with E-state index in [0.29, 0.717) is 0 Å². The van der Waals surface area contributed by atoms with Crippen LogP contribution >= 0.6 is 0 Å². The number of carbonyl (C=O) groups is 3. The van der Waals surface area contributed by atoms with Gasteiger partial charge in [0.25, 0.3) is 5.56 Å². The van der Waals surface area contributed by atoms with Crippen LogP contribution in [0.5, 0.6) is 0 Å². The van der Waals surface area contributed by atoms with Crippen LogP contribution in [0.1, 0.15) is 46.4 Å². The average Bonchev–Trinajstić information content (AvgIpc) is 3.16. The lowest BCUT2D eigenvalue weighted by Crippen LogP contribution is -2.60. The van der Waals surface area contributed by atoms with Crippen LogP contribution in [-0.4, -0.2) is 56.8 Å². The van der Waals surface area contributed by atoms with E-state index in [1.807, 2.05) is 19.9 Å². The quantitative estimate of drug-likeness (QED) is 0.588. The van der Waals surface area contributed by atoms with Gasteiger partial charge in [-0.1, -0.05) is 40.7 Å². The van der Waals surface area contributed by atoms with Gasteiger partial charge in [0.15, 0.2) is 6.04 Å². The van der Waals surface area contributed by atoms with Gasteiger partial charge in [-0.25, -0.2) is 4.98 Å². The van der Waals surface area contributed by atoms with E-state index < -0.39 is 53.0 Å². The number of nitrogens with zero attached hydrogens (tertiary/aromatic N) is 4. The molecule has 10 nitrogen and oxygen atoms in total. The van der Waals surface area contributed by atoms with Crippen LogP contribution in [0.2, 0.25) is 0 Å². The zero-order chi connectivity index (χ0) is 29.1. The summed E-state index contributed by atoms with van der Waals surface area (Å²) in [6, 6.07) is 3.94. The highest BCUT2D eigenvalue weighted by atomic mass is 19.4. The van der Waals surface area contributed by atoms with Crippen molar-refractivity contribution < 1.29 is 27.6 Å². The van der Waals surface area contributed by atoms with E-state index in [0.717, 1.165) is 6.07 Å². The van der Waals surface area contributed by atoms with Crippen molar-refractivity contribution in [2.45, 2.75) is 58.9 Å². The molecule has 39 heavy (non-hydrogen) atoms. The van der Waals surface area contributed by atoms with Gasteiger partial charge in [0, 0.05) is 18.8 Å². The SMILES string of the molecule is CC(C)(C)C(NC(=O)C(F)(F)F)C(=O)N1C[C@H]2[C@@H]([C@H]1C(=O)NC(C#N)c1cc(=O)n3ccccc3n1)C2(C)C. The Labute approximate surface area is 222 Å². The third-order valence-electron chi connectivity index (χ3n) is 7.71. The minimum absolute atomic E-state index is 0.00883. The van der Waals surface area contributed by atoms with Crippen LogP contribution < -0.4 is 16.2 Å². The van der Waals surface area contributed by atoms with Gasteiger partial charge in [0.1, 0.15) is 17.7 Å². The molecule has 1 aliphatic heterocycles. The van der Waals surface area contributed by atoms with E-state index in [9.17, 15) is 37.6 Å². The van der Waals surface area contributed by atoms with Crippen molar-refractivity contribution in [3.63, 3.8) is 0 Å². The standard InChI is InChI=1S/C26H29F3N6O4/c1-24(2,3)20(33-23(39)26(27,28)29)22(38)35-12-13-18(25(13,4)5)19(35)21(37)32-15(11-30)14-10-17(36)34-9-7-6-8-16(34)31-14/h6-10,13,15,18-20H,12H2,1-5H3,(H,32,37)(H,33,39)/t13-,15?,18-,19-,20?/m0/s1. The fourth-order valence-electron chi connectivity index (χ4n) is 5.46. The van der Waals surface area contributed by atoms with E-state index in [1.54, 1.807) is 23.5 Å². The van der Waals surface area contributed by atoms with Gasteiger partial charge < -0.3 is 15.5 Å². The number of alkyl halides is 3. The zero-order valence-electron chi connectivity index (χ0n) is 22.0. The minimum atomic E-state index is -5.19. The first-order chi connectivity index (χ1) is 18.0. The third-order valence-corrected chi connectivity index (χ3v) is 7.71. The molecular weight excluding hydrogens is 517 g/mol. The highest BCUT2D eigenvalue weighted by molar-refractivity contribution is 5.95. The molecule has 3 heterocycles. The summed E-state index contributed by atoms with van der Waals surface area (Å²) in [5.41, 5.74) is -1.61. The normalized spacial score (nSPS) is 23.4. The Bertz CT molecular complexity index is 1440. The molecule has 2 aromatic heterocycles. The first-order valence-electron chi connectivity index (χ1n) is 12.3. The fraction of sp³-hybridized carbons (Fsp3) is 0.538. The first kappa shape index (κ1) is 28.1. The predicted molar refractivity (Wildman–Crippen MR) is 132 cm³/mol. The highest BCUT2D eigenvalue weighted by Gasteiger charge is 2.70. The first-order valence-corrected chi connectivity index (χ1v) is 12.3. The maximum atomic E-state index is 13.6. The lowest BCUT2D eigenvalue weighted by Gasteiger charge is -2.37. The number of rotatable bonds is 5. The highest BCUT2D eigenvalue weighted by Crippen LogP contribution is 2.65. The van der Waals surface area contributed by atoms with Crippen LogP contribution in [0, 0.1) is 34.0 Å². The van der Waals surface area contributed by atoms with Gasteiger partial charge in [-0.2, -0.15) is 18.4 Å². The Balaban J connectivity index is 1.63. The summed E-state index contributed by atoms with van der Waals surface area (Å²) in [6.07, 6.45) is -3.68. The Morgan fingerprint density at radius 1 is 1.18 bits per heavy atom. The Kier molecular flexibility index (Phi) is 6.73. The van der Waals surface area contributed by atoms with Gasteiger partial charge in [0.05, 0.1) is 11.8 Å². The molecule has 0 spiro atoms. The van der Waals surface area contributed by atoms with Crippen molar-refractivity contribution in [2.75, 3.05) is 6.54 Å². The zero-order valence-corrected chi connectivity index (χ0v) is 22.0. The topological polar surface area (TPSA) is 137 Å².